The van der Waals surface area contributed by atoms with Crippen LogP contribution in [-0.4, -0.2) is 14.2 Å². The second-order valence-corrected chi connectivity index (χ2v) is 4.66. The minimum absolute atomic E-state index is 0.968. The van der Waals surface area contributed by atoms with Crippen LogP contribution < -0.4 is 0 Å². The SMILES string of the molecule is Cc1ccc(C)n1-c1ccc2snnc2c1. The highest BCUT2D eigenvalue weighted by molar-refractivity contribution is 7.12. The molecule has 1 aromatic carbocycles. The molecule has 4 heteroatoms. The number of hydrogen-bond donors (Lipinski definition) is 0. The Labute approximate surface area is 97.5 Å². The third kappa shape index (κ3) is 1.34. The van der Waals surface area contributed by atoms with Gasteiger partial charge < -0.3 is 4.57 Å². The summed E-state index contributed by atoms with van der Waals surface area (Å²) in [6.07, 6.45) is 0. The van der Waals surface area contributed by atoms with Crippen LogP contribution in [0.1, 0.15) is 11.4 Å². The molecule has 0 aliphatic heterocycles. The first-order chi connectivity index (χ1) is 7.75. The molecule has 80 valence electrons. The van der Waals surface area contributed by atoms with Gasteiger partial charge in [0, 0.05) is 17.1 Å². The van der Waals surface area contributed by atoms with Crippen molar-refractivity contribution < 1.29 is 0 Å². The Kier molecular flexibility index (Phi) is 2.04. The van der Waals surface area contributed by atoms with Gasteiger partial charge in [0.05, 0.1) is 4.70 Å². The monoisotopic (exact) mass is 229 g/mol. The van der Waals surface area contributed by atoms with Gasteiger partial charge in [0.1, 0.15) is 5.52 Å². The van der Waals surface area contributed by atoms with Gasteiger partial charge in [-0.3, -0.25) is 0 Å². The molecule has 3 rings (SSSR count). The highest BCUT2D eigenvalue weighted by atomic mass is 32.1. The van der Waals surface area contributed by atoms with E-state index in [1.165, 1.54) is 22.9 Å². The van der Waals surface area contributed by atoms with Gasteiger partial charge in [0.25, 0.3) is 0 Å². The second kappa shape index (κ2) is 3.42. The fourth-order valence-corrected chi connectivity index (χ4v) is 2.52. The molecule has 0 saturated heterocycles. The molecule has 0 saturated carbocycles. The zero-order chi connectivity index (χ0) is 11.1. The zero-order valence-electron chi connectivity index (χ0n) is 9.14. The summed E-state index contributed by atoms with van der Waals surface area (Å²) in [6.45, 7) is 4.22. The normalized spacial score (nSPS) is 11.1. The van der Waals surface area contributed by atoms with Crippen LogP contribution in [-0.2, 0) is 0 Å². The van der Waals surface area contributed by atoms with E-state index in [0.29, 0.717) is 0 Å². The van der Waals surface area contributed by atoms with Crippen LogP contribution in [0.5, 0.6) is 0 Å². The van der Waals surface area contributed by atoms with Gasteiger partial charge in [-0.25, -0.2) is 0 Å². The van der Waals surface area contributed by atoms with E-state index in [4.69, 9.17) is 0 Å². The highest BCUT2D eigenvalue weighted by Crippen LogP contribution is 2.22. The van der Waals surface area contributed by atoms with Gasteiger partial charge in [0.15, 0.2) is 0 Å². The lowest BCUT2D eigenvalue weighted by Gasteiger charge is -2.08. The van der Waals surface area contributed by atoms with E-state index in [9.17, 15) is 0 Å². The molecule has 2 aromatic heterocycles. The van der Waals surface area contributed by atoms with E-state index in [1.54, 1.807) is 0 Å². The molecule has 3 nitrogen and oxygen atoms in total. The average molecular weight is 229 g/mol. The fourth-order valence-electron chi connectivity index (χ4n) is 1.98. The van der Waals surface area contributed by atoms with E-state index in [-0.39, 0.29) is 0 Å². The number of aromatic nitrogens is 3. The minimum Gasteiger partial charge on any atom is -0.318 e. The summed E-state index contributed by atoms with van der Waals surface area (Å²) >= 11 is 1.43. The fraction of sp³-hybridized carbons (Fsp3) is 0.167. The summed E-state index contributed by atoms with van der Waals surface area (Å²) in [6, 6.07) is 10.5. The van der Waals surface area contributed by atoms with Crippen molar-refractivity contribution in [3.63, 3.8) is 0 Å². The van der Waals surface area contributed by atoms with Gasteiger partial charge in [-0.2, -0.15) is 0 Å². The minimum atomic E-state index is 0.968. The summed E-state index contributed by atoms with van der Waals surface area (Å²) in [5, 5.41) is 4.10. The summed E-state index contributed by atoms with van der Waals surface area (Å²) in [7, 11) is 0. The van der Waals surface area contributed by atoms with Crippen LogP contribution in [0.4, 0.5) is 0 Å². The molecule has 2 heterocycles. The number of aryl methyl sites for hydroxylation is 2. The van der Waals surface area contributed by atoms with Crippen LogP contribution in [0.3, 0.4) is 0 Å². The summed E-state index contributed by atoms with van der Waals surface area (Å²) < 4.78 is 7.30. The van der Waals surface area contributed by atoms with Crippen molar-refractivity contribution in [2.75, 3.05) is 0 Å². The maximum absolute atomic E-state index is 4.10. The molecule has 0 N–H and O–H groups in total. The Balaban J connectivity index is 2.25. The van der Waals surface area contributed by atoms with Gasteiger partial charge in [-0.1, -0.05) is 4.49 Å². The highest BCUT2D eigenvalue weighted by Gasteiger charge is 2.05. The van der Waals surface area contributed by atoms with E-state index in [0.717, 1.165) is 15.9 Å². The van der Waals surface area contributed by atoms with E-state index >= 15 is 0 Å². The third-order valence-corrected chi connectivity index (χ3v) is 3.46. The quantitative estimate of drug-likeness (QED) is 0.642. The maximum Gasteiger partial charge on any atom is 0.108 e. The molecule has 0 fully saturated rings. The number of hydrogen-bond acceptors (Lipinski definition) is 3. The molecule has 0 aliphatic carbocycles. The first-order valence-corrected chi connectivity index (χ1v) is 5.90. The molecule has 16 heavy (non-hydrogen) atoms. The third-order valence-electron chi connectivity index (χ3n) is 2.76. The number of nitrogens with zero attached hydrogens (tertiary/aromatic N) is 3. The Hall–Kier alpha value is -1.68. The molecule has 0 radical (unpaired) electrons. The lowest BCUT2D eigenvalue weighted by molar-refractivity contribution is 0.967. The second-order valence-electron chi connectivity index (χ2n) is 3.88. The predicted octanol–water partition coefficient (Wildman–Crippen LogP) is 3.10. The van der Waals surface area contributed by atoms with Crippen LogP contribution >= 0.6 is 11.5 Å². The van der Waals surface area contributed by atoms with Crippen molar-refractivity contribution in [2.24, 2.45) is 0 Å². The summed E-state index contributed by atoms with van der Waals surface area (Å²) in [5.41, 5.74) is 4.59. The maximum atomic E-state index is 4.10. The Bertz CT molecular complexity index is 632. The van der Waals surface area contributed by atoms with Crippen LogP contribution in [0, 0.1) is 13.8 Å². The van der Waals surface area contributed by atoms with Gasteiger partial charge in [-0.15, -0.1) is 5.10 Å². The Morgan fingerprint density at radius 3 is 2.56 bits per heavy atom. The van der Waals surface area contributed by atoms with Crippen LogP contribution in [0.15, 0.2) is 30.3 Å². The van der Waals surface area contributed by atoms with Crippen molar-refractivity contribution in [3.8, 4) is 5.69 Å². The molecule has 0 spiro atoms. The van der Waals surface area contributed by atoms with Crippen molar-refractivity contribution >= 4 is 21.7 Å². The molecule has 0 bridgehead atoms. The van der Waals surface area contributed by atoms with Gasteiger partial charge in [0.2, 0.25) is 0 Å². The lowest BCUT2D eigenvalue weighted by atomic mass is 10.3. The molecule has 0 atom stereocenters. The van der Waals surface area contributed by atoms with Crippen molar-refractivity contribution in [1.82, 2.24) is 14.2 Å². The Morgan fingerprint density at radius 2 is 1.81 bits per heavy atom. The smallest absolute Gasteiger partial charge is 0.108 e. The summed E-state index contributed by atoms with van der Waals surface area (Å²) in [5.74, 6) is 0. The van der Waals surface area contributed by atoms with Crippen molar-refractivity contribution in [2.45, 2.75) is 13.8 Å². The number of rotatable bonds is 1. The van der Waals surface area contributed by atoms with Crippen LogP contribution in [0.2, 0.25) is 0 Å². The molecule has 3 aromatic rings. The molecule has 0 amide bonds. The van der Waals surface area contributed by atoms with E-state index in [1.807, 2.05) is 0 Å². The molecular weight excluding hydrogens is 218 g/mol. The largest absolute Gasteiger partial charge is 0.318 e. The van der Waals surface area contributed by atoms with Gasteiger partial charge in [-0.05, 0) is 55.7 Å². The van der Waals surface area contributed by atoms with E-state index in [2.05, 4.69) is 58.3 Å². The first kappa shape index (κ1) is 9.54. The molecular formula is C12H11N3S. The van der Waals surface area contributed by atoms with E-state index < -0.39 is 0 Å². The van der Waals surface area contributed by atoms with Gasteiger partial charge >= 0.3 is 0 Å². The Morgan fingerprint density at radius 1 is 1.06 bits per heavy atom. The lowest BCUT2D eigenvalue weighted by Crippen LogP contribution is -1.98. The number of benzene rings is 1. The topological polar surface area (TPSA) is 30.7 Å². The predicted molar refractivity (Wildman–Crippen MR) is 66.2 cm³/mol. The van der Waals surface area contributed by atoms with Crippen molar-refractivity contribution in [1.29, 1.82) is 0 Å². The zero-order valence-corrected chi connectivity index (χ0v) is 9.95. The molecule has 0 unspecified atom stereocenters. The molecule has 0 aliphatic rings. The standard InChI is InChI=1S/C12H11N3S/c1-8-3-4-9(2)15(8)10-5-6-12-11(7-10)13-14-16-12/h3-7H,1-2H3. The van der Waals surface area contributed by atoms with Crippen LogP contribution in [0.25, 0.3) is 15.9 Å². The average Bonchev–Trinajstić information content (AvgIpc) is 2.85. The number of fused-ring (bicyclic) bond motifs is 1. The first-order valence-electron chi connectivity index (χ1n) is 5.13. The van der Waals surface area contributed by atoms with Crippen molar-refractivity contribution in [3.05, 3.63) is 41.7 Å². The summed E-state index contributed by atoms with van der Waals surface area (Å²) in [4.78, 5) is 0.